The number of rotatable bonds is 2. The minimum atomic E-state index is -0.382. The van der Waals surface area contributed by atoms with Gasteiger partial charge < -0.3 is 0 Å². The molecule has 36 heavy (non-hydrogen) atoms. The van der Waals surface area contributed by atoms with Gasteiger partial charge in [0.1, 0.15) is 0 Å². The van der Waals surface area contributed by atoms with Crippen molar-refractivity contribution in [2.24, 2.45) is 32.5 Å². The van der Waals surface area contributed by atoms with Gasteiger partial charge in [-0.05, 0) is 55.6 Å². The Kier molecular flexibility index (Phi) is 8.83. The Hall–Kier alpha value is -0.0100. The van der Waals surface area contributed by atoms with E-state index in [0.717, 1.165) is 8.19 Å². The van der Waals surface area contributed by atoms with Crippen molar-refractivity contribution in [1.29, 1.82) is 0 Å². The summed E-state index contributed by atoms with van der Waals surface area (Å²) in [5, 5.41) is 1.78. The molecular formula is C33H59P3. The first-order chi connectivity index (χ1) is 15.6. The van der Waals surface area contributed by atoms with E-state index in [-0.39, 0.29) is 34.6 Å². The predicted molar refractivity (Wildman–Crippen MR) is 175 cm³/mol. The van der Waals surface area contributed by atoms with Crippen LogP contribution in [0.4, 0.5) is 0 Å². The normalized spacial score (nSPS) is 21.1. The van der Waals surface area contributed by atoms with Crippen LogP contribution in [-0.2, 0) is 0 Å². The van der Waals surface area contributed by atoms with E-state index in [1.54, 1.807) is 30.0 Å². The zero-order chi connectivity index (χ0) is 28.4. The monoisotopic (exact) mass is 548 g/mol. The Bertz CT molecular complexity index is 1120. The van der Waals surface area contributed by atoms with E-state index in [0.29, 0.717) is 11.1 Å². The smallest absolute Gasteiger partial charge is 0.0296 e. The summed E-state index contributed by atoms with van der Waals surface area (Å²) in [5.74, 6) is 0. The molecule has 0 aliphatic carbocycles. The van der Waals surface area contributed by atoms with Crippen LogP contribution >= 0.6 is 23.9 Å². The Labute approximate surface area is 229 Å². The molecule has 0 N–H and O–H groups in total. The van der Waals surface area contributed by atoms with Gasteiger partial charge in [-0.3, -0.25) is 0 Å². The topological polar surface area (TPSA) is 0 Å². The Morgan fingerprint density at radius 2 is 1.28 bits per heavy atom. The minimum absolute atomic E-state index is 0.139. The zero-order valence-electron chi connectivity index (χ0n) is 27.3. The maximum atomic E-state index is 2.64. The van der Waals surface area contributed by atoms with Crippen LogP contribution in [-0.4, -0.2) is 10.7 Å². The van der Waals surface area contributed by atoms with Crippen LogP contribution in [0.25, 0.3) is 11.1 Å². The molecule has 0 saturated heterocycles. The molecule has 0 nitrogen and oxygen atoms in total. The van der Waals surface area contributed by atoms with Gasteiger partial charge in [0, 0.05) is 20.1 Å². The van der Waals surface area contributed by atoms with E-state index in [1.807, 2.05) is 9.36 Å². The lowest BCUT2D eigenvalue weighted by Crippen LogP contribution is -2.39. The quantitative estimate of drug-likeness (QED) is 0.322. The van der Waals surface area contributed by atoms with Gasteiger partial charge in [-0.1, -0.05) is 146 Å². The molecule has 1 aliphatic rings. The second-order valence-corrected chi connectivity index (χ2v) is 23.4. The fraction of sp³-hybridized carbons (Fsp3) is 0.788. The van der Waals surface area contributed by atoms with Crippen LogP contribution in [0.5, 0.6) is 0 Å². The van der Waals surface area contributed by atoms with E-state index in [4.69, 9.17) is 0 Å². The van der Waals surface area contributed by atoms with E-state index in [9.17, 15) is 0 Å². The molecule has 2 heterocycles. The number of allylic oxidation sites excluding steroid dienone is 2. The minimum Gasteiger partial charge on any atom is -0.116 e. The number of hydrogen-bond acceptors (Lipinski definition) is 0. The maximum absolute atomic E-state index is 2.64. The molecule has 0 spiro atoms. The molecule has 206 valence electrons. The fourth-order valence-corrected chi connectivity index (χ4v) is 15.4. The lowest BCUT2D eigenvalue weighted by Gasteiger charge is -2.43. The van der Waals surface area contributed by atoms with Crippen LogP contribution < -0.4 is 9.36 Å². The highest BCUT2D eigenvalue weighted by Gasteiger charge is 2.40. The lowest BCUT2D eigenvalue weighted by molar-refractivity contribution is 0.397. The van der Waals surface area contributed by atoms with Crippen molar-refractivity contribution in [1.82, 2.24) is 0 Å². The summed E-state index contributed by atoms with van der Waals surface area (Å²) in [6.07, 6.45) is 3.84. The summed E-state index contributed by atoms with van der Waals surface area (Å²) in [7, 11) is 2.07. The highest BCUT2D eigenvalue weighted by atomic mass is 31.2. The van der Waals surface area contributed by atoms with Crippen molar-refractivity contribution in [2.45, 2.75) is 137 Å². The van der Waals surface area contributed by atoms with Gasteiger partial charge in [-0.15, -0.1) is 8.19 Å². The Morgan fingerprint density at radius 3 is 1.61 bits per heavy atom. The summed E-state index contributed by atoms with van der Waals surface area (Å²) >= 11 is 0. The first kappa shape index (κ1) is 32.2. The first-order valence-corrected chi connectivity index (χ1v) is 17.3. The molecule has 1 aliphatic heterocycles. The third-order valence-corrected chi connectivity index (χ3v) is 14.7. The van der Waals surface area contributed by atoms with Gasteiger partial charge >= 0.3 is 0 Å². The zero-order valence-corrected chi connectivity index (χ0v) is 30.0. The highest BCUT2D eigenvalue weighted by molar-refractivity contribution is 7.87. The summed E-state index contributed by atoms with van der Waals surface area (Å²) < 4.78 is 3.68. The molecular weight excluding hydrogens is 489 g/mol. The maximum Gasteiger partial charge on any atom is 0.0296 e. The van der Waals surface area contributed by atoms with Crippen LogP contribution in [0.1, 0.15) is 131 Å². The van der Waals surface area contributed by atoms with E-state index in [1.165, 1.54) is 6.42 Å². The van der Waals surface area contributed by atoms with Crippen LogP contribution in [0.2, 0.25) is 0 Å². The number of fused-ring (bicyclic) bond motifs is 1. The Morgan fingerprint density at radius 1 is 0.778 bits per heavy atom. The van der Waals surface area contributed by atoms with Gasteiger partial charge in [0.05, 0.1) is 0 Å². The second kappa shape index (κ2) is 9.87. The molecule has 0 aromatic carbocycles. The first-order valence-electron chi connectivity index (χ1n) is 14.0. The molecule has 3 heteroatoms. The summed E-state index contributed by atoms with van der Waals surface area (Å²) in [6, 6.07) is 0. The van der Waals surface area contributed by atoms with Crippen LogP contribution in [0, 0.1) is 32.5 Å². The average Bonchev–Trinajstić information content (AvgIpc) is 2.53. The summed E-state index contributed by atoms with van der Waals surface area (Å²) in [6.45, 7) is 44.0. The van der Waals surface area contributed by atoms with Crippen LogP contribution in [0.15, 0.2) is 11.6 Å². The van der Waals surface area contributed by atoms with Gasteiger partial charge in [-0.2, -0.15) is 0 Å². The summed E-state index contributed by atoms with van der Waals surface area (Å²) in [4.78, 5) is 0. The third-order valence-electron chi connectivity index (χ3n) is 6.83. The van der Waals surface area contributed by atoms with Crippen molar-refractivity contribution < 1.29 is 0 Å². The lowest BCUT2D eigenvalue weighted by atomic mass is 9.77. The van der Waals surface area contributed by atoms with E-state index in [2.05, 4.69) is 131 Å². The van der Waals surface area contributed by atoms with E-state index >= 15 is 0 Å². The molecule has 0 fully saturated rings. The molecule has 0 amide bonds. The molecule has 0 radical (unpaired) electrons. The van der Waals surface area contributed by atoms with Gasteiger partial charge in [-0.25, -0.2) is 0 Å². The molecule has 0 bridgehead atoms. The van der Waals surface area contributed by atoms with Crippen molar-refractivity contribution in [3.8, 4) is 0 Å². The van der Waals surface area contributed by atoms with Crippen molar-refractivity contribution in [2.75, 3.05) is 0 Å². The van der Waals surface area contributed by atoms with Crippen molar-refractivity contribution in [3.63, 3.8) is 0 Å². The average molecular weight is 549 g/mol. The third kappa shape index (κ3) is 7.55. The molecule has 1 aromatic rings. The standard InChI is InChI=1S/C33H59P3/c1-28(2,3)19-21(30(7,8)9)25-34-24(33(16,17)18)23(32(13,14)15)27-35-26(36(25)27)22(31(10,11)12)20-29(4,5)6/h19,24,35H,20H2,1-18H3/b21-19-,26-22-. The van der Waals surface area contributed by atoms with Crippen molar-refractivity contribution >= 4 is 40.1 Å². The Balaban J connectivity index is 3.22. The molecule has 0 saturated carbocycles. The predicted octanol–water partition coefficient (Wildman–Crippen LogP) is 10.9. The highest BCUT2D eigenvalue weighted by Crippen LogP contribution is 2.54. The van der Waals surface area contributed by atoms with Gasteiger partial charge in [0.25, 0.3) is 0 Å². The van der Waals surface area contributed by atoms with E-state index < -0.39 is 0 Å². The fourth-order valence-electron chi connectivity index (χ4n) is 5.13. The van der Waals surface area contributed by atoms with Crippen molar-refractivity contribution in [3.05, 3.63) is 21.0 Å². The van der Waals surface area contributed by atoms with Gasteiger partial charge in [0.2, 0.25) is 0 Å². The molecule has 1 aromatic heterocycles. The second-order valence-electron chi connectivity index (χ2n) is 17.7. The summed E-state index contributed by atoms with van der Waals surface area (Å²) in [5.41, 5.74) is 7.05. The van der Waals surface area contributed by atoms with Crippen LogP contribution in [0.3, 0.4) is 0 Å². The number of hydrogen-bond donors (Lipinski definition) is 0. The van der Waals surface area contributed by atoms with Gasteiger partial charge in [0.15, 0.2) is 0 Å². The molecule has 2 rings (SSSR count). The molecule has 3 unspecified atom stereocenters. The largest absolute Gasteiger partial charge is 0.116 e. The molecule has 3 atom stereocenters. The SMILES string of the molecule is CC(C)(C)/C=C(/C1=PC(C(C)(C)C)C(C(C)(C)C)=c2[pH]/c(=C(\CC(C)(C)C)C(C)(C)C)p21)C(C)(C)C.